The molecule has 0 radical (unpaired) electrons. The van der Waals surface area contributed by atoms with Gasteiger partial charge >= 0.3 is 6.09 Å². The number of ether oxygens (including phenoxy) is 2. The standard InChI is InChI=1S/C17H25NO4/c1-11-15(21-11)14(19)13(10-12-8-6-5-7-9-12)18-16(20)22-17(2,3)4/h5-9,11,13-15,19H,10H2,1-4H3,(H,18,20)/t11-,13+,14+,15+/m1/s1. The first-order valence-electron chi connectivity index (χ1n) is 7.63. The smallest absolute Gasteiger partial charge is 0.407 e. The minimum absolute atomic E-state index is 0.0220. The molecule has 1 aliphatic heterocycles. The van der Waals surface area contributed by atoms with Crippen molar-refractivity contribution in [2.24, 2.45) is 0 Å². The van der Waals surface area contributed by atoms with Crippen LogP contribution < -0.4 is 5.32 Å². The molecule has 5 nitrogen and oxygen atoms in total. The van der Waals surface area contributed by atoms with Gasteiger partial charge in [-0.25, -0.2) is 4.79 Å². The zero-order valence-electron chi connectivity index (χ0n) is 13.6. The molecule has 0 bridgehead atoms. The van der Waals surface area contributed by atoms with E-state index in [0.29, 0.717) is 6.42 Å². The predicted octanol–water partition coefficient (Wildman–Crippen LogP) is 2.27. The van der Waals surface area contributed by atoms with Crippen LogP contribution >= 0.6 is 0 Å². The Labute approximate surface area is 131 Å². The third-order valence-electron chi connectivity index (χ3n) is 3.51. The summed E-state index contributed by atoms with van der Waals surface area (Å²) in [6.07, 6.45) is -0.978. The third-order valence-corrected chi connectivity index (χ3v) is 3.51. The summed E-state index contributed by atoms with van der Waals surface area (Å²) in [6.45, 7) is 7.32. The fourth-order valence-electron chi connectivity index (χ4n) is 2.37. The highest BCUT2D eigenvalue weighted by molar-refractivity contribution is 5.68. The average Bonchev–Trinajstić information content (AvgIpc) is 3.13. The molecule has 0 saturated carbocycles. The highest BCUT2D eigenvalue weighted by Gasteiger charge is 2.44. The van der Waals surface area contributed by atoms with Crippen LogP contribution in [-0.4, -0.2) is 41.2 Å². The number of amides is 1. The summed E-state index contributed by atoms with van der Waals surface area (Å²) in [5.74, 6) is 0. The number of nitrogens with one attached hydrogen (secondary N) is 1. The first-order valence-corrected chi connectivity index (χ1v) is 7.63. The number of rotatable bonds is 5. The van der Waals surface area contributed by atoms with Gasteiger partial charge in [0, 0.05) is 0 Å². The van der Waals surface area contributed by atoms with Crippen molar-refractivity contribution in [3.8, 4) is 0 Å². The summed E-state index contributed by atoms with van der Waals surface area (Å²) in [6, 6.07) is 9.28. The first-order chi connectivity index (χ1) is 10.3. The van der Waals surface area contributed by atoms with Gasteiger partial charge in [-0.1, -0.05) is 30.3 Å². The number of carbonyl (C=O) groups is 1. The Hall–Kier alpha value is -1.59. The maximum Gasteiger partial charge on any atom is 0.407 e. The maximum absolute atomic E-state index is 12.0. The van der Waals surface area contributed by atoms with Gasteiger partial charge in [0.15, 0.2) is 0 Å². The molecule has 0 aliphatic carbocycles. The fraction of sp³-hybridized carbons (Fsp3) is 0.588. The van der Waals surface area contributed by atoms with Crippen molar-refractivity contribution in [1.82, 2.24) is 5.32 Å². The van der Waals surface area contributed by atoms with Gasteiger partial charge in [-0.05, 0) is 39.7 Å². The van der Waals surface area contributed by atoms with E-state index in [2.05, 4.69) is 5.32 Å². The molecule has 1 saturated heterocycles. The minimum atomic E-state index is -0.761. The number of carbonyl (C=O) groups excluding carboxylic acids is 1. The molecule has 1 aromatic carbocycles. The molecular weight excluding hydrogens is 282 g/mol. The molecule has 1 heterocycles. The normalized spacial score (nSPS) is 23.5. The van der Waals surface area contributed by atoms with E-state index in [-0.39, 0.29) is 12.2 Å². The molecule has 2 rings (SSSR count). The SMILES string of the molecule is C[C@H]1O[C@@H]1[C@@H](O)[C@H](Cc1ccccc1)NC(=O)OC(C)(C)C. The quantitative estimate of drug-likeness (QED) is 0.819. The summed E-state index contributed by atoms with van der Waals surface area (Å²) in [7, 11) is 0. The molecule has 2 N–H and O–H groups in total. The molecule has 5 heteroatoms. The lowest BCUT2D eigenvalue weighted by molar-refractivity contribution is 0.0387. The van der Waals surface area contributed by atoms with Crippen molar-refractivity contribution in [3.05, 3.63) is 35.9 Å². The Balaban J connectivity index is 2.03. The van der Waals surface area contributed by atoms with Gasteiger partial charge in [0.1, 0.15) is 17.8 Å². The fourth-order valence-corrected chi connectivity index (χ4v) is 2.37. The Kier molecular flexibility index (Phi) is 5.08. The van der Waals surface area contributed by atoms with E-state index in [4.69, 9.17) is 9.47 Å². The Morgan fingerprint density at radius 1 is 1.36 bits per heavy atom. The van der Waals surface area contributed by atoms with Crippen molar-refractivity contribution in [2.45, 2.75) is 64.1 Å². The van der Waals surface area contributed by atoms with Crippen molar-refractivity contribution in [3.63, 3.8) is 0 Å². The van der Waals surface area contributed by atoms with Crippen molar-refractivity contribution >= 4 is 6.09 Å². The summed E-state index contributed by atoms with van der Waals surface area (Å²) < 4.78 is 10.6. The van der Waals surface area contributed by atoms with Crippen LogP contribution in [0, 0.1) is 0 Å². The van der Waals surface area contributed by atoms with E-state index in [1.54, 1.807) is 20.8 Å². The third kappa shape index (κ3) is 5.00. The van der Waals surface area contributed by atoms with Gasteiger partial charge in [-0.3, -0.25) is 0 Å². The first kappa shape index (κ1) is 16.8. The molecule has 4 atom stereocenters. The molecule has 122 valence electrons. The molecule has 0 spiro atoms. The van der Waals surface area contributed by atoms with Crippen LogP contribution in [0.5, 0.6) is 0 Å². The monoisotopic (exact) mass is 307 g/mol. The second-order valence-corrected chi connectivity index (χ2v) is 6.74. The molecule has 1 aromatic rings. The van der Waals surface area contributed by atoms with E-state index < -0.39 is 23.8 Å². The van der Waals surface area contributed by atoms with E-state index in [0.717, 1.165) is 5.56 Å². The number of alkyl carbamates (subject to hydrolysis) is 1. The summed E-state index contributed by atoms with van der Waals surface area (Å²) >= 11 is 0. The molecule has 1 fully saturated rings. The van der Waals surface area contributed by atoms with Crippen LogP contribution in [0.3, 0.4) is 0 Å². The van der Waals surface area contributed by atoms with Crippen LogP contribution in [0.1, 0.15) is 33.3 Å². The number of aliphatic hydroxyl groups is 1. The molecule has 0 unspecified atom stereocenters. The Morgan fingerprint density at radius 2 is 1.95 bits per heavy atom. The number of hydrogen-bond acceptors (Lipinski definition) is 4. The van der Waals surface area contributed by atoms with Gasteiger partial charge in [-0.15, -0.1) is 0 Å². The van der Waals surface area contributed by atoms with Gasteiger partial charge in [-0.2, -0.15) is 0 Å². The highest BCUT2D eigenvalue weighted by Crippen LogP contribution is 2.27. The number of hydrogen-bond donors (Lipinski definition) is 2. The van der Waals surface area contributed by atoms with Gasteiger partial charge in [0.25, 0.3) is 0 Å². The number of benzene rings is 1. The lowest BCUT2D eigenvalue weighted by Crippen LogP contribution is -2.49. The maximum atomic E-state index is 12.0. The van der Waals surface area contributed by atoms with Crippen LogP contribution in [0.15, 0.2) is 30.3 Å². The molecule has 1 amide bonds. The average molecular weight is 307 g/mol. The number of aliphatic hydroxyl groups excluding tert-OH is 1. The van der Waals surface area contributed by atoms with Gasteiger partial charge < -0.3 is 19.9 Å². The zero-order valence-corrected chi connectivity index (χ0v) is 13.6. The van der Waals surface area contributed by atoms with E-state index >= 15 is 0 Å². The summed E-state index contributed by atoms with van der Waals surface area (Å²) in [4.78, 5) is 12.0. The Bertz CT molecular complexity index is 497. The van der Waals surface area contributed by atoms with Crippen LogP contribution in [0.2, 0.25) is 0 Å². The van der Waals surface area contributed by atoms with Crippen molar-refractivity contribution in [2.75, 3.05) is 0 Å². The summed E-state index contributed by atoms with van der Waals surface area (Å²) in [5, 5.41) is 13.2. The van der Waals surface area contributed by atoms with Gasteiger partial charge in [0.2, 0.25) is 0 Å². The van der Waals surface area contributed by atoms with Crippen molar-refractivity contribution in [1.29, 1.82) is 0 Å². The molecule has 0 aromatic heterocycles. The molecular formula is C17H25NO4. The lowest BCUT2D eigenvalue weighted by Gasteiger charge is -2.26. The largest absolute Gasteiger partial charge is 0.444 e. The van der Waals surface area contributed by atoms with E-state index in [1.807, 2.05) is 37.3 Å². The number of epoxide rings is 1. The Morgan fingerprint density at radius 3 is 2.45 bits per heavy atom. The van der Waals surface area contributed by atoms with E-state index in [9.17, 15) is 9.90 Å². The zero-order chi connectivity index (χ0) is 16.3. The molecule has 22 heavy (non-hydrogen) atoms. The molecule has 1 aliphatic rings. The lowest BCUT2D eigenvalue weighted by atomic mass is 9.98. The highest BCUT2D eigenvalue weighted by atomic mass is 16.6. The minimum Gasteiger partial charge on any atom is -0.444 e. The summed E-state index contributed by atoms with van der Waals surface area (Å²) in [5.41, 5.74) is 0.464. The van der Waals surface area contributed by atoms with Gasteiger partial charge in [0.05, 0.1) is 12.1 Å². The predicted molar refractivity (Wildman–Crippen MR) is 83.6 cm³/mol. The second kappa shape index (κ2) is 6.67. The second-order valence-electron chi connectivity index (χ2n) is 6.74. The van der Waals surface area contributed by atoms with E-state index in [1.165, 1.54) is 0 Å². The van der Waals surface area contributed by atoms with Crippen LogP contribution in [-0.2, 0) is 15.9 Å². The van der Waals surface area contributed by atoms with Crippen LogP contribution in [0.25, 0.3) is 0 Å². The topological polar surface area (TPSA) is 71.1 Å². The van der Waals surface area contributed by atoms with Crippen LogP contribution in [0.4, 0.5) is 4.79 Å². The van der Waals surface area contributed by atoms with Crippen molar-refractivity contribution < 1.29 is 19.4 Å².